The van der Waals surface area contributed by atoms with Gasteiger partial charge in [0.1, 0.15) is 0 Å². The molecule has 18 heavy (non-hydrogen) atoms. The van der Waals surface area contributed by atoms with E-state index in [0.717, 1.165) is 25.8 Å². The van der Waals surface area contributed by atoms with Crippen molar-refractivity contribution in [2.45, 2.75) is 20.8 Å². The van der Waals surface area contributed by atoms with Crippen LogP contribution in [0.15, 0.2) is 27.1 Å². The minimum atomic E-state index is 0.0110. The van der Waals surface area contributed by atoms with Gasteiger partial charge in [-0.3, -0.25) is 4.79 Å². The number of ketones is 1. The van der Waals surface area contributed by atoms with E-state index in [-0.39, 0.29) is 5.78 Å². The first-order valence-electron chi connectivity index (χ1n) is 5.57. The van der Waals surface area contributed by atoms with Crippen LogP contribution in [0.4, 0.5) is 0 Å². The molecule has 94 valence electrons. The van der Waals surface area contributed by atoms with E-state index in [2.05, 4.69) is 36.8 Å². The quantitative estimate of drug-likeness (QED) is 0.764. The first kappa shape index (κ1) is 13.6. The molecular weight excluding hydrogens is 358 g/mol. The Morgan fingerprint density at radius 3 is 2.33 bits per heavy atom. The van der Waals surface area contributed by atoms with Crippen molar-refractivity contribution in [1.82, 2.24) is 4.98 Å². The Kier molecular flexibility index (Phi) is 3.78. The zero-order valence-electron chi connectivity index (χ0n) is 10.4. The van der Waals surface area contributed by atoms with Crippen LogP contribution >= 0.6 is 31.9 Å². The topological polar surface area (TPSA) is 32.9 Å². The van der Waals surface area contributed by atoms with Crippen LogP contribution in [0, 0.1) is 20.8 Å². The van der Waals surface area contributed by atoms with Crippen molar-refractivity contribution in [3.8, 4) is 0 Å². The molecule has 4 heteroatoms. The predicted octanol–water partition coefficient (Wildman–Crippen LogP) is 4.70. The highest BCUT2D eigenvalue weighted by molar-refractivity contribution is 9.11. The van der Waals surface area contributed by atoms with Crippen LogP contribution in [0.25, 0.3) is 0 Å². The summed E-state index contributed by atoms with van der Waals surface area (Å²) >= 11 is 6.81. The van der Waals surface area contributed by atoms with Gasteiger partial charge in [0.15, 0.2) is 0 Å². The van der Waals surface area contributed by atoms with E-state index in [4.69, 9.17) is 0 Å². The van der Waals surface area contributed by atoms with Crippen LogP contribution in [-0.2, 0) is 0 Å². The summed E-state index contributed by atoms with van der Waals surface area (Å²) in [6.45, 7) is 5.97. The third-order valence-corrected chi connectivity index (χ3v) is 4.40. The summed E-state index contributed by atoms with van der Waals surface area (Å²) < 4.78 is 1.70. The van der Waals surface area contributed by atoms with Crippen LogP contribution < -0.4 is 0 Å². The smallest absolute Gasteiger partial charge is 0.210 e. The molecule has 1 heterocycles. The van der Waals surface area contributed by atoms with Gasteiger partial charge in [-0.15, -0.1) is 0 Å². The molecule has 0 saturated heterocycles. The van der Waals surface area contributed by atoms with Gasteiger partial charge in [0.2, 0.25) is 5.78 Å². The second-order valence-electron chi connectivity index (χ2n) is 4.33. The van der Waals surface area contributed by atoms with Crippen molar-refractivity contribution < 1.29 is 4.79 Å². The summed E-state index contributed by atoms with van der Waals surface area (Å²) in [6.07, 6.45) is 0. The molecule has 0 fully saturated rings. The third kappa shape index (κ3) is 2.31. The maximum Gasteiger partial charge on any atom is 0.210 e. The lowest BCUT2D eigenvalue weighted by Gasteiger charge is -2.04. The molecule has 0 aliphatic heterocycles. The minimum Gasteiger partial charge on any atom is -0.356 e. The Hall–Kier alpha value is -0.870. The lowest BCUT2D eigenvalue weighted by Crippen LogP contribution is -2.05. The SMILES string of the molecule is Cc1[nH]c(C(=O)c2cc(Br)ccc2Br)c(C)c1C. The fourth-order valence-electron chi connectivity index (χ4n) is 1.88. The molecule has 0 aliphatic carbocycles. The van der Waals surface area contributed by atoms with Gasteiger partial charge in [-0.25, -0.2) is 0 Å². The molecule has 0 atom stereocenters. The predicted molar refractivity (Wildman–Crippen MR) is 80.3 cm³/mol. The number of hydrogen-bond acceptors (Lipinski definition) is 1. The normalized spacial score (nSPS) is 10.7. The number of rotatable bonds is 2. The van der Waals surface area contributed by atoms with Gasteiger partial charge >= 0.3 is 0 Å². The molecule has 0 aliphatic rings. The average Bonchev–Trinajstić information content (AvgIpc) is 2.59. The first-order chi connectivity index (χ1) is 8.41. The van der Waals surface area contributed by atoms with Crippen LogP contribution in [0.1, 0.15) is 32.9 Å². The molecule has 2 aromatic rings. The van der Waals surface area contributed by atoms with Crippen molar-refractivity contribution in [2.24, 2.45) is 0 Å². The van der Waals surface area contributed by atoms with E-state index in [1.165, 1.54) is 0 Å². The zero-order chi connectivity index (χ0) is 13.4. The maximum absolute atomic E-state index is 12.5. The molecule has 0 unspecified atom stereocenters. The van der Waals surface area contributed by atoms with E-state index < -0.39 is 0 Å². The van der Waals surface area contributed by atoms with Crippen molar-refractivity contribution in [2.75, 3.05) is 0 Å². The van der Waals surface area contributed by atoms with Gasteiger partial charge in [-0.1, -0.05) is 31.9 Å². The lowest BCUT2D eigenvalue weighted by molar-refractivity contribution is 0.103. The highest BCUT2D eigenvalue weighted by Crippen LogP contribution is 2.26. The van der Waals surface area contributed by atoms with Crippen molar-refractivity contribution in [1.29, 1.82) is 0 Å². The largest absolute Gasteiger partial charge is 0.356 e. The van der Waals surface area contributed by atoms with Crippen molar-refractivity contribution in [3.63, 3.8) is 0 Å². The molecule has 0 bridgehead atoms. The van der Waals surface area contributed by atoms with E-state index in [1.807, 2.05) is 39.0 Å². The van der Waals surface area contributed by atoms with Crippen LogP contribution in [0.3, 0.4) is 0 Å². The number of carbonyl (C=O) groups excluding carboxylic acids is 1. The number of hydrogen-bond donors (Lipinski definition) is 1. The average molecular weight is 371 g/mol. The molecule has 0 radical (unpaired) electrons. The Bertz CT molecular complexity index is 629. The third-order valence-electron chi connectivity index (χ3n) is 3.21. The number of nitrogens with one attached hydrogen (secondary N) is 1. The number of aromatic nitrogens is 1. The summed E-state index contributed by atoms with van der Waals surface area (Å²) in [4.78, 5) is 15.7. The van der Waals surface area contributed by atoms with Gasteiger partial charge in [0.25, 0.3) is 0 Å². The zero-order valence-corrected chi connectivity index (χ0v) is 13.6. The molecule has 1 N–H and O–H groups in total. The fraction of sp³-hybridized carbons (Fsp3) is 0.214. The van der Waals surface area contributed by atoms with Crippen molar-refractivity contribution in [3.05, 3.63) is 55.2 Å². The number of aromatic amines is 1. The summed E-state index contributed by atoms with van der Waals surface area (Å²) in [7, 11) is 0. The lowest BCUT2D eigenvalue weighted by atomic mass is 10.0. The van der Waals surface area contributed by atoms with Gasteiger partial charge < -0.3 is 4.98 Å². The Morgan fingerprint density at radius 1 is 1.11 bits per heavy atom. The van der Waals surface area contributed by atoms with Gasteiger partial charge in [0, 0.05) is 20.2 Å². The van der Waals surface area contributed by atoms with E-state index >= 15 is 0 Å². The molecule has 0 spiro atoms. The maximum atomic E-state index is 12.5. The van der Waals surface area contributed by atoms with Crippen LogP contribution in [0.2, 0.25) is 0 Å². The van der Waals surface area contributed by atoms with E-state index in [1.54, 1.807) is 0 Å². The van der Waals surface area contributed by atoms with Crippen LogP contribution in [0.5, 0.6) is 0 Å². The number of benzene rings is 1. The van der Waals surface area contributed by atoms with Crippen LogP contribution in [-0.4, -0.2) is 10.8 Å². The van der Waals surface area contributed by atoms with E-state index in [0.29, 0.717) is 11.3 Å². The highest BCUT2D eigenvalue weighted by Gasteiger charge is 2.18. The first-order valence-corrected chi connectivity index (χ1v) is 7.16. The number of carbonyl (C=O) groups is 1. The summed E-state index contributed by atoms with van der Waals surface area (Å²) in [5, 5.41) is 0. The molecular formula is C14H13Br2NO. The minimum absolute atomic E-state index is 0.0110. The Labute approximate surface area is 123 Å². The molecule has 0 saturated carbocycles. The molecule has 0 amide bonds. The summed E-state index contributed by atoms with van der Waals surface area (Å²) in [5.74, 6) is 0.0110. The standard InChI is InChI=1S/C14H13Br2NO/c1-7-8(2)13(17-9(7)3)14(18)11-6-10(15)4-5-12(11)16/h4-6,17H,1-3H3. The van der Waals surface area contributed by atoms with Gasteiger partial charge in [-0.05, 0) is 50.1 Å². The van der Waals surface area contributed by atoms with Crippen molar-refractivity contribution >= 4 is 37.6 Å². The highest BCUT2D eigenvalue weighted by atomic mass is 79.9. The Balaban J connectivity index is 2.54. The van der Waals surface area contributed by atoms with Gasteiger partial charge in [0.05, 0.1) is 5.69 Å². The number of aryl methyl sites for hydroxylation is 1. The Morgan fingerprint density at radius 2 is 1.78 bits per heavy atom. The van der Waals surface area contributed by atoms with Gasteiger partial charge in [-0.2, -0.15) is 0 Å². The van der Waals surface area contributed by atoms with E-state index in [9.17, 15) is 4.79 Å². The molecule has 1 aromatic carbocycles. The second kappa shape index (κ2) is 5.02. The molecule has 2 nitrogen and oxygen atoms in total. The fourth-order valence-corrected chi connectivity index (χ4v) is 2.66. The molecule has 1 aromatic heterocycles. The number of halogens is 2. The summed E-state index contributed by atoms with van der Waals surface area (Å²) in [6, 6.07) is 5.60. The number of H-pyrrole nitrogens is 1. The summed E-state index contributed by atoms with van der Waals surface area (Å²) in [5.41, 5.74) is 4.54. The monoisotopic (exact) mass is 369 g/mol. The second-order valence-corrected chi connectivity index (χ2v) is 6.10. The molecule has 2 rings (SSSR count).